The van der Waals surface area contributed by atoms with E-state index in [0.29, 0.717) is 0 Å². The van der Waals surface area contributed by atoms with Gasteiger partial charge in [0.25, 0.3) is 0 Å². The predicted molar refractivity (Wildman–Crippen MR) is 45.8 cm³/mol. The summed E-state index contributed by atoms with van der Waals surface area (Å²) in [4.78, 5) is 10.7. The second-order valence-corrected chi connectivity index (χ2v) is 3.15. The third-order valence-corrected chi connectivity index (χ3v) is 1.78. The molecule has 0 amide bonds. The fourth-order valence-corrected chi connectivity index (χ4v) is 1.23. The molecule has 0 fully saturated rings. The van der Waals surface area contributed by atoms with Crippen LogP contribution in [0, 0.1) is 11.6 Å². The van der Waals surface area contributed by atoms with Crippen molar-refractivity contribution in [2.75, 3.05) is 0 Å². The first kappa shape index (κ1) is 10.1. The van der Waals surface area contributed by atoms with Crippen LogP contribution in [0.1, 0.15) is 12.5 Å². The molecule has 0 spiro atoms. The van der Waals surface area contributed by atoms with E-state index in [-0.39, 0.29) is 22.8 Å². The molecular formula is C9H7ClF2O. The molecule has 0 bridgehead atoms. The molecule has 0 aromatic heterocycles. The zero-order valence-electron chi connectivity index (χ0n) is 6.90. The predicted octanol–water partition coefficient (Wildman–Crippen LogP) is 2.75. The topological polar surface area (TPSA) is 17.1 Å². The number of hydrogen-bond donors (Lipinski definition) is 0. The van der Waals surface area contributed by atoms with Crippen LogP contribution in [-0.4, -0.2) is 5.78 Å². The molecule has 0 N–H and O–H groups in total. The number of Topliss-reactive ketones (excluding diaryl/α,β-unsaturated/α-hetero) is 1. The maximum atomic E-state index is 13.1. The van der Waals surface area contributed by atoms with Gasteiger partial charge < -0.3 is 0 Å². The van der Waals surface area contributed by atoms with Gasteiger partial charge in [0.2, 0.25) is 0 Å². The molecule has 0 unspecified atom stereocenters. The normalized spacial score (nSPS) is 10.2. The van der Waals surface area contributed by atoms with Crippen molar-refractivity contribution in [3.63, 3.8) is 0 Å². The fraction of sp³-hybridized carbons (Fsp3) is 0.222. The quantitative estimate of drug-likeness (QED) is 0.677. The van der Waals surface area contributed by atoms with Crippen molar-refractivity contribution in [3.05, 3.63) is 34.4 Å². The van der Waals surface area contributed by atoms with Crippen molar-refractivity contribution >= 4 is 17.4 Å². The Morgan fingerprint density at radius 3 is 2.62 bits per heavy atom. The van der Waals surface area contributed by atoms with Crippen molar-refractivity contribution in [1.82, 2.24) is 0 Å². The van der Waals surface area contributed by atoms with Gasteiger partial charge in [0, 0.05) is 6.42 Å². The van der Waals surface area contributed by atoms with Gasteiger partial charge in [-0.15, -0.1) is 0 Å². The van der Waals surface area contributed by atoms with Gasteiger partial charge in [-0.1, -0.05) is 11.6 Å². The fourth-order valence-electron chi connectivity index (χ4n) is 1.01. The van der Waals surface area contributed by atoms with Crippen LogP contribution in [-0.2, 0) is 11.2 Å². The van der Waals surface area contributed by atoms with Crippen molar-refractivity contribution < 1.29 is 13.6 Å². The largest absolute Gasteiger partial charge is 0.300 e. The molecule has 0 aliphatic carbocycles. The summed E-state index contributed by atoms with van der Waals surface area (Å²) in [6, 6.07) is 1.85. The zero-order valence-corrected chi connectivity index (χ0v) is 7.66. The van der Waals surface area contributed by atoms with Crippen LogP contribution < -0.4 is 0 Å². The molecule has 0 saturated carbocycles. The Bertz CT molecular complexity index is 350. The van der Waals surface area contributed by atoms with E-state index in [4.69, 9.17) is 11.6 Å². The van der Waals surface area contributed by atoms with E-state index in [0.717, 1.165) is 12.1 Å². The summed E-state index contributed by atoms with van der Waals surface area (Å²) in [5.74, 6) is -1.60. The Morgan fingerprint density at radius 1 is 1.46 bits per heavy atom. The minimum atomic E-state index is -0.724. The second-order valence-electron chi connectivity index (χ2n) is 2.74. The minimum Gasteiger partial charge on any atom is -0.300 e. The lowest BCUT2D eigenvalue weighted by Gasteiger charge is -2.02. The van der Waals surface area contributed by atoms with E-state index in [9.17, 15) is 13.6 Å². The molecular weight excluding hydrogens is 198 g/mol. The summed E-state index contributed by atoms with van der Waals surface area (Å²) in [5, 5.41) is -0.295. The molecule has 4 heteroatoms. The van der Waals surface area contributed by atoms with Crippen LogP contribution in [0.15, 0.2) is 12.1 Å². The number of hydrogen-bond acceptors (Lipinski definition) is 1. The van der Waals surface area contributed by atoms with Gasteiger partial charge in [0.1, 0.15) is 17.4 Å². The van der Waals surface area contributed by atoms with Gasteiger partial charge in [-0.3, -0.25) is 4.79 Å². The van der Waals surface area contributed by atoms with Crippen LogP contribution in [0.2, 0.25) is 5.02 Å². The molecule has 0 saturated heterocycles. The lowest BCUT2D eigenvalue weighted by molar-refractivity contribution is -0.116. The van der Waals surface area contributed by atoms with Gasteiger partial charge in [-0.2, -0.15) is 0 Å². The van der Waals surface area contributed by atoms with E-state index >= 15 is 0 Å². The van der Waals surface area contributed by atoms with Gasteiger partial charge in [0.15, 0.2) is 0 Å². The Labute approximate surface area is 79.3 Å². The lowest BCUT2D eigenvalue weighted by atomic mass is 10.1. The Morgan fingerprint density at radius 2 is 2.08 bits per heavy atom. The second kappa shape index (κ2) is 3.83. The summed E-state index contributed by atoms with van der Waals surface area (Å²) in [6.45, 7) is 1.30. The molecule has 0 aliphatic heterocycles. The van der Waals surface area contributed by atoms with E-state index in [1.165, 1.54) is 6.92 Å². The van der Waals surface area contributed by atoms with Crippen LogP contribution in [0.3, 0.4) is 0 Å². The van der Waals surface area contributed by atoms with Crippen LogP contribution in [0.4, 0.5) is 8.78 Å². The maximum Gasteiger partial charge on any atom is 0.145 e. The number of rotatable bonds is 2. The van der Waals surface area contributed by atoms with Gasteiger partial charge >= 0.3 is 0 Å². The third-order valence-electron chi connectivity index (χ3n) is 1.51. The molecule has 0 heterocycles. The number of ketones is 1. The molecule has 13 heavy (non-hydrogen) atoms. The monoisotopic (exact) mass is 204 g/mol. The van der Waals surface area contributed by atoms with Gasteiger partial charge in [0.05, 0.1) is 5.02 Å². The van der Waals surface area contributed by atoms with E-state index in [1.807, 2.05) is 0 Å². The van der Waals surface area contributed by atoms with Crippen LogP contribution in [0.25, 0.3) is 0 Å². The maximum absolute atomic E-state index is 13.1. The highest BCUT2D eigenvalue weighted by atomic mass is 35.5. The average molecular weight is 205 g/mol. The highest BCUT2D eigenvalue weighted by Crippen LogP contribution is 2.20. The van der Waals surface area contributed by atoms with E-state index < -0.39 is 11.6 Å². The molecule has 1 rings (SSSR count). The highest BCUT2D eigenvalue weighted by molar-refractivity contribution is 6.30. The molecule has 0 radical (unpaired) electrons. The smallest absolute Gasteiger partial charge is 0.145 e. The van der Waals surface area contributed by atoms with Crippen molar-refractivity contribution in [1.29, 1.82) is 0 Å². The standard InChI is InChI=1S/C9H7ClF2O/c1-5(13)2-6-3-7(11)4-8(10)9(6)12/h3-4H,2H2,1H3. The number of carbonyl (C=O) groups is 1. The van der Waals surface area contributed by atoms with Crippen molar-refractivity contribution in [2.45, 2.75) is 13.3 Å². The first-order valence-electron chi connectivity index (χ1n) is 3.63. The SMILES string of the molecule is CC(=O)Cc1cc(F)cc(Cl)c1F. The number of carbonyl (C=O) groups excluding carboxylic acids is 1. The van der Waals surface area contributed by atoms with Crippen LogP contribution in [0.5, 0.6) is 0 Å². The molecule has 1 nitrogen and oxygen atoms in total. The van der Waals surface area contributed by atoms with Crippen molar-refractivity contribution in [2.24, 2.45) is 0 Å². The Hall–Kier alpha value is -0.960. The Balaban J connectivity index is 3.12. The minimum absolute atomic E-state index is 0.00231. The third kappa shape index (κ3) is 2.49. The molecule has 70 valence electrons. The zero-order chi connectivity index (χ0) is 10.0. The molecule has 1 aromatic rings. The summed E-state index contributed by atoms with van der Waals surface area (Å²) in [7, 11) is 0. The van der Waals surface area contributed by atoms with Crippen molar-refractivity contribution in [3.8, 4) is 0 Å². The van der Waals surface area contributed by atoms with E-state index in [2.05, 4.69) is 0 Å². The lowest BCUT2D eigenvalue weighted by Crippen LogP contribution is -2.00. The molecule has 1 aromatic carbocycles. The Kier molecular flexibility index (Phi) is 2.98. The number of benzene rings is 1. The molecule has 0 aliphatic rings. The van der Waals surface area contributed by atoms with Crippen LogP contribution >= 0.6 is 11.6 Å². The number of halogens is 3. The summed E-state index contributed by atoms with van der Waals surface area (Å²) < 4.78 is 25.8. The van der Waals surface area contributed by atoms with E-state index in [1.54, 1.807) is 0 Å². The molecule has 0 atom stereocenters. The first-order chi connectivity index (χ1) is 6.00. The highest BCUT2D eigenvalue weighted by Gasteiger charge is 2.10. The van der Waals surface area contributed by atoms with Gasteiger partial charge in [-0.05, 0) is 24.6 Å². The van der Waals surface area contributed by atoms with Gasteiger partial charge in [-0.25, -0.2) is 8.78 Å². The summed E-state index contributed by atoms with van der Waals surface area (Å²) in [6.07, 6.45) is -0.136. The summed E-state index contributed by atoms with van der Waals surface area (Å²) >= 11 is 5.38. The summed E-state index contributed by atoms with van der Waals surface area (Å²) in [5.41, 5.74) is -0.00231. The first-order valence-corrected chi connectivity index (χ1v) is 4.01. The average Bonchev–Trinajstić information content (AvgIpc) is 1.98.